The molecule has 0 aromatic carbocycles. The van der Waals surface area contributed by atoms with E-state index in [2.05, 4.69) is 15.3 Å². The average molecular weight is 340 g/mol. The molecule has 0 radical (unpaired) electrons. The molecule has 1 aliphatic rings. The Bertz CT molecular complexity index is 490. The van der Waals surface area contributed by atoms with Gasteiger partial charge >= 0.3 is 6.18 Å². The molecule has 2 rings (SSSR count). The first-order valence-corrected chi connectivity index (χ1v) is 8.36. The van der Waals surface area contributed by atoms with Crippen LogP contribution >= 0.6 is 23.4 Å². The third-order valence-electron chi connectivity index (χ3n) is 3.74. The van der Waals surface area contributed by atoms with Crippen molar-refractivity contribution in [1.82, 2.24) is 9.97 Å². The van der Waals surface area contributed by atoms with Crippen LogP contribution in [0.2, 0.25) is 5.15 Å². The van der Waals surface area contributed by atoms with Gasteiger partial charge in [-0.1, -0.05) is 30.9 Å². The molecular weight excluding hydrogens is 323 g/mol. The smallest absolute Gasteiger partial charge is 0.369 e. The zero-order valence-corrected chi connectivity index (χ0v) is 13.2. The second-order valence-corrected chi connectivity index (χ2v) is 6.86. The summed E-state index contributed by atoms with van der Waals surface area (Å²) in [6, 6.07) is 1.33. The van der Waals surface area contributed by atoms with Gasteiger partial charge in [-0.2, -0.15) is 24.9 Å². The molecule has 1 aliphatic carbocycles. The molecule has 1 N–H and O–H groups in total. The van der Waals surface area contributed by atoms with Crippen molar-refractivity contribution in [3.8, 4) is 0 Å². The van der Waals surface area contributed by atoms with E-state index in [-0.39, 0.29) is 15.7 Å². The van der Waals surface area contributed by atoms with Crippen LogP contribution < -0.4 is 5.32 Å². The molecular formula is C13H17ClF3N3S. The molecule has 1 saturated carbocycles. The molecule has 1 aromatic rings. The fourth-order valence-electron chi connectivity index (χ4n) is 2.54. The number of nitrogens with zero attached hydrogens (tertiary/aromatic N) is 2. The van der Waals surface area contributed by atoms with Crippen LogP contribution in [0, 0.1) is 0 Å². The molecule has 0 atom stereocenters. The number of alkyl halides is 3. The molecule has 3 nitrogen and oxygen atoms in total. The number of hydrogen-bond donors (Lipinski definition) is 1. The Morgan fingerprint density at radius 3 is 2.52 bits per heavy atom. The third kappa shape index (κ3) is 4.39. The van der Waals surface area contributed by atoms with Crippen molar-refractivity contribution in [2.24, 2.45) is 0 Å². The Morgan fingerprint density at radius 1 is 1.29 bits per heavy atom. The van der Waals surface area contributed by atoms with Crippen LogP contribution in [-0.2, 0) is 6.18 Å². The normalized spacial score (nSPS) is 18.5. The fraction of sp³-hybridized carbons (Fsp3) is 0.692. The van der Waals surface area contributed by atoms with Gasteiger partial charge in [0.2, 0.25) is 5.82 Å². The number of nitrogens with one attached hydrogen (secondary N) is 1. The number of hydrogen-bond acceptors (Lipinski definition) is 4. The van der Waals surface area contributed by atoms with Gasteiger partial charge in [-0.25, -0.2) is 9.97 Å². The fourth-order valence-corrected chi connectivity index (χ4v) is 3.63. The predicted octanol–water partition coefficient (Wildman–Crippen LogP) is 4.63. The highest BCUT2D eigenvalue weighted by atomic mass is 35.5. The molecule has 118 valence electrons. The van der Waals surface area contributed by atoms with Gasteiger partial charge in [-0.15, -0.1) is 0 Å². The minimum atomic E-state index is -4.59. The van der Waals surface area contributed by atoms with Gasteiger partial charge in [0.25, 0.3) is 0 Å². The molecule has 8 heteroatoms. The van der Waals surface area contributed by atoms with E-state index in [1.807, 2.05) is 6.26 Å². The molecule has 0 aliphatic heterocycles. The van der Waals surface area contributed by atoms with Gasteiger partial charge in [0.15, 0.2) is 0 Å². The van der Waals surface area contributed by atoms with Crippen molar-refractivity contribution in [1.29, 1.82) is 0 Å². The summed E-state index contributed by atoms with van der Waals surface area (Å²) in [5, 5.41) is 2.80. The minimum absolute atomic E-state index is 0.0636. The van der Waals surface area contributed by atoms with Crippen molar-refractivity contribution in [2.45, 2.75) is 43.0 Å². The summed E-state index contributed by atoms with van der Waals surface area (Å²) >= 11 is 7.42. The SMILES string of the molecule is CSC1(CNc2cc(Cl)nc(C(F)(F)F)n2)CCCCC1. The lowest BCUT2D eigenvalue weighted by Crippen LogP contribution is -2.35. The highest BCUT2D eigenvalue weighted by Crippen LogP contribution is 2.38. The van der Waals surface area contributed by atoms with E-state index in [4.69, 9.17) is 11.6 Å². The van der Waals surface area contributed by atoms with Crippen LogP contribution in [0.4, 0.5) is 19.0 Å². The summed E-state index contributed by atoms with van der Waals surface area (Å²) in [6.07, 6.45) is 3.10. The molecule has 1 aromatic heterocycles. The van der Waals surface area contributed by atoms with Crippen molar-refractivity contribution in [3.63, 3.8) is 0 Å². The third-order valence-corrected chi connectivity index (χ3v) is 5.35. The van der Waals surface area contributed by atoms with E-state index < -0.39 is 12.0 Å². The quantitative estimate of drug-likeness (QED) is 0.812. The number of aromatic nitrogens is 2. The van der Waals surface area contributed by atoms with E-state index >= 15 is 0 Å². The van der Waals surface area contributed by atoms with Crippen LogP contribution in [0.15, 0.2) is 6.07 Å². The van der Waals surface area contributed by atoms with Crippen LogP contribution in [0.25, 0.3) is 0 Å². The van der Waals surface area contributed by atoms with Crippen molar-refractivity contribution in [3.05, 3.63) is 17.0 Å². The number of halogens is 4. The zero-order chi connectivity index (χ0) is 15.5. The lowest BCUT2D eigenvalue weighted by atomic mass is 9.88. The summed E-state index contributed by atoms with van der Waals surface area (Å²) in [5.41, 5.74) is 0. The summed E-state index contributed by atoms with van der Waals surface area (Å²) < 4.78 is 38.1. The molecule has 0 amide bonds. The Kier molecular flexibility index (Phi) is 5.24. The van der Waals surface area contributed by atoms with E-state index in [1.54, 1.807) is 11.8 Å². The second kappa shape index (κ2) is 6.60. The number of thioether (sulfide) groups is 1. The van der Waals surface area contributed by atoms with Crippen LogP contribution in [-0.4, -0.2) is 27.5 Å². The van der Waals surface area contributed by atoms with Gasteiger partial charge in [0.1, 0.15) is 11.0 Å². The Labute approximate surface area is 131 Å². The zero-order valence-electron chi connectivity index (χ0n) is 11.6. The topological polar surface area (TPSA) is 37.8 Å². The minimum Gasteiger partial charge on any atom is -0.369 e. The van der Waals surface area contributed by atoms with Gasteiger partial charge in [0, 0.05) is 17.4 Å². The molecule has 0 bridgehead atoms. The first-order chi connectivity index (χ1) is 9.85. The van der Waals surface area contributed by atoms with Crippen LogP contribution in [0.5, 0.6) is 0 Å². The lowest BCUT2D eigenvalue weighted by Gasteiger charge is -2.36. The standard InChI is InChI=1S/C13H17ClF3N3S/c1-21-12(5-3-2-4-6-12)8-18-10-7-9(14)19-11(20-10)13(15,16)17/h7H,2-6,8H2,1H3,(H,18,19,20). The van der Waals surface area contributed by atoms with Gasteiger partial charge in [0.05, 0.1) is 0 Å². The summed E-state index contributed by atoms with van der Waals surface area (Å²) in [4.78, 5) is 6.74. The number of rotatable bonds is 4. The van der Waals surface area contributed by atoms with Crippen molar-refractivity contribution < 1.29 is 13.2 Å². The maximum Gasteiger partial charge on any atom is 0.451 e. The predicted molar refractivity (Wildman–Crippen MR) is 79.9 cm³/mol. The van der Waals surface area contributed by atoms with E-state index in [0.717, 1.165) is 25.7 Å². The van der Waals surface area contributed by atoms with E-state index in [9.17, 15) is 13.2 Å². The molecule has 21 heavy (non-hydrogen) atoms. The first-order valence-electron chi connectivity index (χ1n) is 6.75. The summed E-state index contributed by atoms with van der Waals surface area (Å²) in [7, 11) is 0. The number of anilines is 1. The highest BCUT2D eigenvalue weighted by Gasteiger charge is 2.36. The Balaban J connectivity index is 2.10. The Morgan fingerprint density at radius 2 is 1.95 bits per heavy atom. The monoisotopic (exact) mass is 339 g/mol. The summed E-state index contributed by atoms with van der Waals surface area (Å²) in [5.74, 6) is -1.08. The van der Waals surface area contributed by atoms with Crippen LogP contribution in [0.1, 0.15) is 37.9 Å². The Hall–Kier alpha value is -0.690. The molecule has 0 spiro atoms. The largest absolute Gasteiger partial charge is 0.451 e. The van der Waals surface area contributed by atoms with Crippen LogP contribution in [0.3, 0.4) is 0 Å². The average Bonchev–Trinajstić information content (AvgIpc) is 2.45. The maximum atomic E-state index is 12.7. The first kappa shape index (κ1) is 16.7. The summed E-state index contributed by atoms with van der Waals surface area (Å²) in [6.45, 7) is 0.582. The van der Waals surface area contributed by atoms with Gasteiger partial charge in [-0.05, 0) is 19.1 Å². The van der Waals surface area contributed by atoms with Gasteiger partial charge < -0.3 is 5.32 Å². The van der Waals surface area contributed by atoms with E-state index in [0.29, 0.717) is 6.54 Å². The second-order valence-electron chi connectivity index (χ2n) is 5.20. The molecule has 1 heterocycles. The molecule has 0 unspecified atom stereocenters. The maximum absolute atomic E-state index is 12.7. The van der Waals surface area contributed by atoms with Crippen molar-refractivity contribution in [2.75, 3.05) is 18.1 Å². The lowest BCUT2D eigenvalue weighted by molar-refractivity contribution is -0.144. The molecule has 0 saturated heterocycles. The van der Waals surface area contributed by atoms with E-state index in [1.165, 1.54) is 12.5 Å². The highest BCUT2D eigenvalue weighted by molar-refractivity contribution is 8.00. The molecule has 1 fully saturated rings. The van der Waals surface area contributed by atoms with Gasteiger partial charge in [-0.3, -0.25) is 0 Å². The van der Waals surface area contributed by atoms with Crippen molar-refractivity contribution >= 4 is 29.2 Å².